The third-order valence-corrected chi connectivity index (χ3v) is 6.57. The van der Waals surface area contributed by atoms with Crippen molar-refractivity contribution in [1.29, 1.82) is 0 Å². The summed E-state index contributed by atoms with van der Waals surface area (Å²) in [6.45, 7) is 2.26. The first-order valence-electron chi connectivity index (χ1n) is 12.7. The van der Waals surface area contributed by atoms with Crippen molar-refractivity contribution >= 4 is 5.97 Å². The van der Waals surface area contributed by atoms with Crippen LogP contribution in [0.25, 0.3) is 0 Å². The van der Waals surface area contributed by atoms with Crippen LogP contribution in [-0.2, 0) is 6.42 Å². The number of benzene rings is 2. The molecule has 0 atom stereocenters. The Labute approximate surface area is 206 Å². The van der Waals surface area contributed by atoms with Gasteiger partial charge in [-0.05, 0) is 92.3 Å². The third-order valence-electron chi connectivity index (χ3n) is 6.57. The number of esters is 1. The normalized spacial score (nSPS) is 18.5. The lowest BCUT2D eigenvalue weighted by Gasteiger charge is -2.26. The molecular weight excluding hydrogens is 453 g/mol. The molecule has 6 heteroatoms. The van der Waals surface area contributed by atoms with Crippen LogP contribution < -0.4 is 9.47 Å². The molecule has 2 aromatic rings. The van der Waals surface area contributed by atoms with Gasteiger partial charge in [0.15, 0.2) is 0 Å². The van der Waals surface area contributed by atoms with Crippen LogP contribution >= 0.6 is 0 Å². The van der Waals surface area contributed by atoms with Crippen LogP contribution in [0.5, 0.6) is 11.5 Å². The number of alkyl halides is 3. The molecule has 0 aliphatic heterocycles. The zero-order chi connectivity index (χ0) is 25.1. The van der Waals surface area contributed by atoms with Crippen molar-refractivity contribution in [3.63, 3.8) is 0 Å². The van der Waals surface area contributed by atoms with E-state index in [-0.39, 0.29) is 11.5 Å². The van der Waals surface area contributed by atoms with Crippen LogP contribution in [0, 0.1) is 11.8 Å². The van der Waals surface area contributed by atoms with Crippen molar-refractivity contribution in [1.82, 2.24) is 0 Å². The van der Waals surface area contributed by atoms with Crippen LogP contribution in [0.3, 0.4) is 0 Å². The Morgan fingerprint density at radius 2 is 1.60 bits per heavy atom. The molecule has 190 valence electrons. The van der Waals surface area contributed by atoms with Crippen molar-refractivity contribution in [3.8, 4) is 11.5 Å². The van der Waals surface area contributed by atoms with E-state index in [1.165, 1.54) is 63.5 Å². The highest BCUT2D eigenvalue weighted by Gasteiger charge is 2.31. The molecule has 3 nitrogen and oxygen atoms in total. The van der Waals surface area contributed by atoms with Crippen molar-refractivity contribution in [3.05, 3.63) is 71.8 Å². The maximum absolute atomic E-state index is 12.3. The van der Waals surface area contributed by atoms with Gasteiger partial charge in [0.2, 0.25) is 0 Å². The molecule has 1 aliphatic rings. The molecule has 2 aromatic carbocycles. The minimum Gasteiger partial charge on any atom is -0.423 e. The minimum atomic E-state index is -4.76. The number of ether oxygens (including phenoxy) is 2. The highest BCUT2D eigenvalue weighted by molar-refractivity contribution is 5.91. The summed E-state index contributed by atoms with van der Waals surface area (Å²) in [4.78, 5) is 12.3. The van der Waals surface area contributed by atoms with Gasteiger partial charge >= 0.3 is 12.3 Å². The van der Waals surface area contributed by atoms with E-state index in [0.29, 0.717) is 11.5 Å². The summed E-state index contributed by atoms with van der Waals surface area (Å²) in [6, 6.07) is 12.0. The van der Waals surface area contributed by atoms with E-state index in [9.17, 15) is 18.0 Å². The van der Waals surface area contributed by atoms with E-state index in [1.54, 1.807) is 12.1 Å². The molecule has 1 aliphatic carbocycles. The summed E-state index contributed by atoms with van der Waals surface area (Å²) in [5, 5.41) is 0. The van der Waals surface area contributed by atoms with E-state index >= 15 is 0 Å². The molecule has 0 N–H and O–H groups in total. The molecule has 1 fully saturated rings. The second kappa shape index (κ2) is 13.4. The number of rotatable bonds is 11. The number of hydrogen-bond acceptors (Lipinski definition) is 3. The summed E-state index contributed by atoms with van der Waals surface area (Å²) in [5.74, 6) is 0.855. The van der Waals surface area contributed by atoms with E-state index in [0.717, 1.165) is 36.5 Å². The molecule has 0 aromatic heterocycles. The lowest BCUT2D eigenvalue weighted by Crippen LogP contribution is -2.17. The van der Waals surface area contributed by atoms with Crippen LogP contribution in [0.15, 0.2) is 60.7 Å². The molecule has 0 amide bonds. The number of carbonyl (C=O) groups is 1. The predicted molar refractivity (Wildman–Crippen MR) is 132 cm³/mol. The number of hydrogen-bond donors (Lipinski definition) is 0. The molecule has 0 heterocycles. The second-order valence-electron chi connectivity index (χ2n) is 9.35. The topological polar surface area (TPSA) is 35.5 Å². The summed E-state index contributed by atoms with van der Waals surface area (Å²) in [7, 11) is 0. The SMILES string of the molecule is CCCCCC1CCC(/C=C/CCc2ccc(C(=O)Oc3ccc(OC(F)(F)F)cc3)cc2)CC1. The molecule has 0 bridgehead atoms. The quantitative estimate of drug-likeness (QED) is 0.137. The van der Waals surface area contributed by atoms with Gasteiger partial charge in [-0.1, -0.05) is 56.9 Å². The minimum absolute atomic E-state index is 0.147. The number of allylic oxidation sites excluding steroid dienone is 2. The van der Waals surface area contributed by atoms with E-state index in [1.807, 2.05) is 12.1 Å². The van der Waals surface area contributed by atoms with Gasteiger partial charge in [-0.15, -0.1) is 13.2 Å². The fourth-order valence-electron chi connectivity index (χ4n) is 4.57. The van der Waals surface area contributed by atoms with Gasteiger partial charge in [-0.2, -0.15) is 0 Å². The summed E-state index contributed by atoms with van der Waals surface area (Å²) >= 11 is 0. The first-order valence-corrected chi connectivity index (χ1v) is 12.7. The first kappa shape index (κ1) is 26.8. The van der Waals surface area contributed by atoms with Crippen molar-refractivity contribution in [2.24, 2.45) is 11.8 Å². The highest BCUT2D eigenvalue weighted by Crippen LogP contribution is 2.32. The summed E-state index contributed by atoms with van der Waals surface area (Å²) in [5.41, 5.74) is 1.52. The molecule has 35 heavy (non-hydrogen) atoms. The molecular formula is C29H35F3O3. The monoisotopic (exact) mass is 488 g/mol. The molecule has 3 rings (SSSR count). The van der Waals surface area contributed by atoms with E-state index in [4.69, 9.17) is 4.74 Å². The predicted octanol–water partition coefficient (Wildman–Crippen LogP) is 8.68. The maximum Gasteiger partial charge on any atom is 0.573 e. The van der Waals surface area contributed by atoms with Crippen molar-refractivity contribution in [2.45, 2.75) is 77.5 Å². The Kier molecular flexibility index (Phi) is 10.2. The first-order chi connectivity index (χ1) is 16.8. The average Bonchev–Trinajstić information content (AvgIpc) is 2.83. The van der Waals surface area contributed by atoms with Gasteiger partial charge < -0.3 is 9.47 Å². The van der Waals surface area contributed by atoms with Gasteiger partial charge in [0, 0.05) is 0 Å². The Balaban J connectivity index is 1.38. The zero-order valence-electron chi connectivity index (χ0n) is 20.4. The number of unbranched alkanes of at least 4 members (excludes halogenated alkanes) is 2. The fraction of sp³-hybridized carbons (Fsp3) is 0.483. The van der Waals surface area contributed by atoms with Crippen molar-refractivity contribution < 1.29 is 27.4 Å². The van der Waals surface area contributed by atoms with Gasteiger partial charge in [-0.25, -0.2) is 4.79 Å². The summed E-state index contributed by atoms with van der Waals surface area (Å²) < 4.78 is 45.8. The van der Waals surface area contributed by atoms with Gasteiger partial charge in [0.05, 0.1) is 5.56 Å². The van der Waals surface area contributed by atoms with Crippen LogP contribution in [0.1, 0.15) is 80.6 Å². The van der Waals surface area contributed by atoms with Crippen LogP contribution in [0.4, 0.5) is 13.2 Å². The molecule has 0 spiro atoms. The Hall–Kier alpha value is -2.76. The lowest BCUT2D eigenvalue weighted by atomic mass is 9.79. The fourth-order valence-corrected chi connectivity index (χ4v) is 4.57. The largest absolute Gasteiger partial charge is 0.573 e. The number of aryl methyl sites for hydroxylation is 1. The zero-order valence-corrected chi connectivity index (χ0v) is 20.4. The average molecular weight is 489 g/mol. The third kappa shape index (κ3) is 9.79. The molecule has 0 radical (unpaired) electrons. The van der Waals surface area contributed by atoms with E-state index < -0.39 is 12.3 Å². The number of halogens is 3. The highest BCUT2D eigenvalue weighted by atomic mass is 19.4. The molecule has 0 saturated heterocycles. The Morgan fingerprint density at radius 1 is 0.943 bits per heavy atom. The van der Waals surface area contributed by atoms with E-state index in [2.05, 4.69) is 23.8 Å². The lowest BCUT2D eigenvalue weighted by molar-refractivity contribution is -0.274. The van der Waals surface area contributed by atoms with Gasteiger partial charge in [0.1, 0.15) is 11.5 Å². The van der Waals surface area contributed by atoms with Gasteiger partial charge in [-0.3, -0.25) is 0 Å². The standard InChI is InChI=1S/C29H35F3O3/c1-2-3-4-7-22-10-12-23(13-11-22)8-5-6-9-24-14-16-25(17-15-24)28(33)34-26-18-20-27(21-19-26)35-29(30,31)32/h5,8,14-23H,2-4,6-7,9-13H2,1H3/b8-5+. The Morgan fingerprint density at radius 3 is 2.23 bits per heavy atom. The molecule has 0 unspecified atom stereocenters. The number of carbonyl (C=O) groups excluding carboxylic acids is 1. The smallest absolute Gasteiger partial charge is 0.423 e. The summed E-state index contributed by atoms with van der Waals surface area (Å²) in [6.07, 6.45) is 12.6. The van der Waals surface area contributed by atoms with Crippen LogP contribution in [0.2, 0.25) is 0 Å². The Bertz CT molecular complexity index is 925. The van der Waals surface area contributed by atoms with Gasteiger partial charge in [0.25, 0.3) is 0 Å². The maximum atomic E-state index is 12.3. The second-order valence-corrected chi connectivity index (χ2v) is 9.35. The molecule has 1 saturated carbocycles. The van der Waals surface area contributed by atoms with Crippen LogP contribution in [-0.4, -0.2) is 12.3 Å². The van der Waals surface area contributed by atoms with Crippen molar-refractivity contribution in [2.75, 3.05) is 0 Å².